The predicted octanol–water partition coefficient (Wildman–Crippen LogP) is 4.24. The quantitative estimate of drug-likeness (QED) is 0.916. The highest BCUT2D eigenvalue weighted by molar-refractivity contribution is 5.82. The van der Waals surface area contributed by atoms with Gasteiger partial charge in [-0.1, -0.05) is 6.92 Å². The number of rotatable bonds is 3. The van der Waals surface area contributed by atoms with Crippen molar-refractivity contribution in [3.8, 4) is 0 Å². The van der Waals surface area contributed by atoms with Crippen molar-refractivity contribution >= 4 is 10.9 Å². The normalized spacial score (nSPS) is 24.1. The minimum atomic E-state index is -0.179. The number of pyridine rings is 1. The topological polar surface area (TPSA) is 38.9 Å². The number of aromatic nitrogens is 1. The first-order chi connectivity index (χ1) is 10.2. The summed E-state index contributed by atoms with van der Waals surface area (Å²) in [6, 6.07) is 6.96. The Morgan fingerprint density at radius 2 is 2.00 bits per heavy atom. The van der Waals surface area contributed by atoms with E-state index in [1.807, 2.05) is 6.20 Å². The molecule has 3 heteroatoms. The first kappa shape index (κ1) is 14.5. The molecule has 1 fully saturated rings. The Bertz CT molecular complexity index is 618. The molecule has 0 bridgehead atoms. The average molecular weight is 286 g/mol. The van der Waals surface area contributed by atoms with Crippen LogP contribution in [0.15, 0.2) is 30.5 Å². The second kappa shape index (κ2) is 6.10. The molecule has 21 heavy (non-hydrogen) atoms. The van der Waals surface area contributed by atoms with Gasteiger partial charge in [0, 0.05) is 11.6 Å². The molecule has 1 aliphatic carbocycles. The Balaban J connectivity index is 1.84. The number of hydrogen-bond acceptors (Lipinski definition) is 2. The standard InChI is InChI=1S/C18H23FN2/c1-12(11-20)13-2-4-14(5-3-13)16-8-9-21-18-7-6-15(19)10-17(16)18/h6-10,12-14H,2-5,11,20H2,1H3/t12?,13-,14+. The molecule has 1 unspecified atom stereocenters. The molecule has 1 aromatic heterocycles. The molecule has 0 saturated heterocycles. The van der Waals surface area contributed by atoms with E-state index in [1.165, 1.54) is 37.3 Å². The van der Waals surface area contributed by atoms with Crippen molar-refractivity contribution in [1.82, 2.24) is 4.98 Å². The lowest BCUT2D eigenvalue weighted by Gasteiger charge is -2.32. The van der Waals surface area contributed by atoms with E-state index in [0.29, 0.717) is 11.8 Å². The van der Waals surface area contributed by atoms with E-state index in [0.717, 1.165) is 23.4 Å². The Labute approximate surface area is 125 Å². The predicted molar refractivity (Wildman–Crippen MR) is 84.6 cm³/mol. The fourth-order valence-corrected chi connectivity index (χ4v) is 3.69. The fourth-order valence-electron chi connectivity index (χ4n) is 3.69. The summed E-state index contributed by atoms with van der Waals surface area (Å²) in [5.74, 6) is 1.70. The van der Waals surface area contributed by atoms with Crippen LogP contribution in [-0.2, 0) is 0 Å². The Kier molecular flexibility index (Phi) is 4.20. The monoisotopic (exact) mass is 286 g/mol. The van der Waals surface area contributed by atoms with Crippen LogP contribution in [0.1, 0.15) is 44.1 Å². The zero-order valence-corrected chi connectivity index (χ0v) is 12.6. The highest BCUT2D eigenvalue weighted by Crippen LogP contribution is 2.40. The first-order valence-corrected chi connectivity index (χ1v) is 7.93. The van der Waals surface area contributed by atoms with Crippen molar-refractivity contribution < 1.29 is 4.39 Å². The van der Waals surface area contributed by atoms with E-state index >= 15 is 0 Å². The summed E-state index contributed by atoms with van der Waals surface area (Å²) in [6.07, 6.45) is 6.64. The molecule has 0 radical (unpaired) electrons. The number of nitrogens with two attached hydrogens (primary N) is 1. The van der Waals surface area contributed by atoms with Crippen LogP contribution in [0.2, 0.25) is 0 Å². The molecule has 0 amide bonds. The zero-order chi connectivity index (χ0) is 14.8. The molecule has 1 atom stereocenters. The molecule has 3 rings (SSSR count). The van der Waals surface area contributed by atoms with Crippen molar-refractivity contribution in [2.75, 3.05) is 6.54 Å². The molecular weight excluding hydrogens is 263 g/mol. The molecular formula is C18H23FN2. The summed E-state index contributed by atoms with van der Waals surface area (Å²) in [4.78, 5) is 4.35. The van der Waals surface area contributed by atoms with Crippen LogP contribution in [0.3, 0.4) is 0 Å². The minimum absolute atomic E-state index is 0.179. The summed E-state index contributed by atoms with van der Waals surface area (Å²) in [7, 11) is 0. The van der Waals surface area contributed by atoms with Crippen LogP contribution in [-0.4, -0.2) is 11.5 Å². The molecule has 1 aliphatic rings. The van der Waals surface area contributed by atoms with Crippen molar-refractivity contribution in [2.45, 2.75) is 38.5 Å². The number of fused-ring (bicyclic) bond motifs is 1. The van der Waals surface area contributed by atoms with Crippen LogP contribution in [0.25, 0.3) is 10.9 Å². The summed E-state index contributed by atoms with van der Waals surface area (Å²) < 4.78 is 13.6. The van der Waals surface area contributed by atoms with Gasteiger partial charge in [-0.25, -0.2) is 4.39 Å². The SMILES string of the molecule is CC(CN)[C@H]1CC[C@@H](c2ccnc3ccc(F)cc32)CC1. The van der Waals surface area contributed by atoms with Crippen LogP contribution in [0.5, 0.6) is 0 Å². The molecule has 0 aliphatic heterocycles. The molecule has 1 aromatic carbocycles. The number of benzene rings is 1. The summed E-state index contributed by atoms with van der Waals surface area (Å²) in [6.45, 7) is 3.03. The second-order valence-electron chi connectivity index (χ2n) is 6.39. The van der Waals surface area contributed by atoms with Gasteiger partial charge in [0.15, 0.2) is 0 Å². The molecule has 1 heterocycles. The summed E-state index contributed by atoms with van der Waals surface area (Å²) in [5, 5.41) is 0.979. The lowest BCUT2D eigenvalue weighted by atomic mass is 9.74. The van der Waals surface area contributed by atoms with Gasteiger partial charge in [-0.3, -0.25) is 4.98 Å². The van der Waals surface area contributed by atoms with Crippen molar-refractivity contribution in [3.63, 3.8) is 0 Å². The van der Waals surface area contributed by atoms with Crippen molar-refractivity contribution in [3.05, 3.63) is 41.8 Å². The molecule has 2 aromatic rings. The Hall–Kier alpha value is -1.48. The van der Waals surface area contributed by atoms with Crippen LogP contribution in [0, 0.1) is 17.7 Å². The van der Waals surface area contributed by atoms with E-state index in [1.54, 1.807) is 12.1 Å². The second-order valence-corrected chi connectivity index (χ2v) is 6.39. The van der Waals surface area contributed by atoms with Gasteiger partial charge in [-0.2, -0.15) is 0 Å². The Morgan fingerprint density at radius 3 is 2.71 bits per heavy atom. The van der Waals surface area contributed by atoms with Crippen LogP contribution >= 0.6 is 0 Å². The van der Waals surface area contributed by atoms with E-state index in [9.17, 15) is 4.39 Å². The zero-order valence-electron chi connectivity index (χ0n) is 12.6. The highest BCUT2D eigenvalue weighted by atomic mass is 19.1. The van der Waals surface area contributed by atoms with Crippen LogP contribution < -0.4 is 5.73 Å². The largest absolute Gasteiger partial charge is 0.330 e. The Morgan fingerprint density at radius 1 is 1.24 bits per heavy atom. The minimum Gasteiger partial charge on any atom is -0.330 e. The lowest BCUT2D eigenvalue weighted by Crippen LogP contribution is -2.24. The highest BCUT2D eigenvalue weighted by Gasteiger charge is 2.26. The van der Waals surface area contributed by atoms with E-state index in [2.05, 4.69) is 18.0 Å². The van der Waals surface area contributed by atoms with Gasteiger partial charge in [-0.05, 0) is 79.8 Å². The third-order valence-electron chi connectivity index (χ3n) is 5.13. The van der Waals surface area contributed by atoms with Gasteiger partial charge in [0.05, 0.1) is 5.52 Å². The van der Waals surface area contributed by atoms with Crippen molar-refractivity contribution in [2.24, 2.45) is 17.6 Å². The first-order valence-electron chi connectivity index (χ1n) is 7.93. The van der Waals surface area contributed by atoms with Gasteiger partial charge in [-0.15, -0.1) is 0 Å². The summed E-state index contributed by atoms with van der Waals surface area (Å²) >= 11 is 0. The lowest BCUT2D eigenvalue weighted by molar-refractivity contribution is 0.250. The fraction of sp³-hybridized carbons (Fsp3) is 0.500. The molecule has 2 N–H and O–H groups in total. The van der Waals surface area contributed by atoms with E-state index in [-0.39, 0.29) is 5.82 Å². The number of hydrogen-bond donors (Lipinski definition) is 1. The summed E-state index contributed by atoms with van der Waals surface area (Å²) in [5.41, 5.74) is 7.95. The van der Waals surface area contributed by atoms with Gasteiger partial charge < -0.3 is 5.73 Å². The third-order valence-corrected chi connectivity index (χ3v) is 5.13. The third kappa shape index (κ3) is 2.93. The maximum Gasteiger partial charge on any atom is 0.123 e. The average Bonchev–Trinajstić information content (AvgIpc) is 2.53. The van der Waals surface area contributed by atoms with E-state index < -0.39 is 0 Å². The van der Waals surface area contributed by atoms with Gasteiger partial charge in [0.1, 0.15) is 5.82 Å². The number of halogens is 1. The van der Waals surface area contributed by atoms with Crippen molar-refractivity contribution in [1.29, 1.82) is 0 Å². The van der Waals surface area contributed by atoms with Gasteiger partial charge in [0.2, 0.25) is 0 Å². The maximum absolute atomic E-state index is 13.6. The maximum atomic E-state index is 13.6. The number of nitrogens with zero attached hydrogens (tertiary/aromatic N) is 1. The molecule has 2 nitrogen and oxygen atoms in total. The van der Waals surface area contributed by atoms with E-state index in [4.69, 9.17) is 5.73 Å². The smallest absolute Gasteiger partial charge is 0.123 e. The van der Waals surface area contributed by atoms with Crippen LogP contribution in [0.4, 0.5) is 4.39 Å². The molecule has 0 spiro atoms. The molecule has 112 valence electrons. The van der Waals surface area contributed by atoms with Gasteiger partial charge in [0.25, 0.3) is 0 Å². The molecule has 1 saturated carbocycles. The van der Waals surface area contributed by atoms with Gasteiger partial charge >= 0.3 is 0 Å².